The molecule has 1 heterocycles. The van der Waals surface area contributed by atoms with Crippen molar-refractivity contribution >= 4 is 18.3 Å². The van der Waals surface area contributed by atoms with E-state index in [2.05, 4.69) is 35.8 Å². The minimum Gasteiger partial charge on any atom is -0.352 e. The lowest BCUT2D eigenvalue weighted by atomic mass is 10.0. The molecule has 2 unspecified atom stereocenters. The van der Waals surface area contributed by atoms with Crippen molar-refractivity contribution in [3.8, 4) is 0 Å². The third-order valence-electron chi connectivity index (χ3n) is 4.67. The highest BCUT2D eigenvalue weighted by molar-refractivity contribution is 5.85. The molecule has 2 atom stereocenters. The zero-order chi connectivity index (χ0) is 13.9. The van der Waals surface area contributed by atoms with E-state index < -0.39 is 0 Å². The highest BCUT2D eigenvalue weighted by atomic mass is 35.5. The molecule has 0 saturated heterocycles. The van der Waals surface area contributed by atoms with Crippen molar-refractivity contribution in [2.75, 3.05) is 0 Å². The van der Waals surface area contributed by atoms with Crippen LogP contribution in [-0.2, 0) is 24.4 Å². The molecule has 2 aliphatic rings. The summed E-state index contributed by atoms with van der Waals surface area (Å²) in [7, 11) is 0. The van der Waals surface area contributed by atoms with Crippen molar-refractivity contribution in [3.63, 3.8) is 0 Å². The van der Waals surface area contributed by atoms with Crippen molar-refractivity contribution in [1.82, 2.24) is 10.6 Å². The second-order valence-electron chi connectivity index (χ2n) is 6.47. The number of hydrogen-bond acceptors (Lipinski definition) is 2. The molecule has 0 bridgehead atoms. The molecule has 1 amide bonds. The molecule has 116 valence electrons. The maximum absolute atomic E-state index is 12.0. The summed E-state index contributed by atoms with van der Waals surface area (Å²) in [6.07, 6.45) is 4.43. The van der Waals surface area contributed by atoms with E-state index in [0.717, 1.165) is 19.0 Å². The van der Waals surface area contributed by atoms with Crippen LogP contribution in [0.1, 0.15) is 49.3 Å². The van der Waals surface area contributed by atoms with Gasteiger partial charge in [0.05, 0.1) is 0 Å². The number of carbonyl (C=O) groups excluding carboxylic acids is 1. The van der Waals surface area contributed by atoms with Gasteiger partial charge >= 0.3 is 0 Å². The molecular formula is C17H25ClN2O. The van der Waals surface area contributed by atoms with Crippen LogP contribution in [0, 0.1) is 11.8 Å². The number of halogens is 1. The average Bonchev–Trinajstić information content (AvgIpc) is 3.04. The predicted molar refractivity (Wildman–Crippen MR) is 87.2 cm³/mol. The van der Waals surface area contributed by atoms with Gasteiger partial charge in [-0.2, -0.15) is 0 Å². The number of rotatable bonds is 4. The SMILES string of the molecule is CC1CCC(CC(=O)NCc2ccc3c(c2)CNC3)C1.Cl. The molecule has 1 aromatic rings. The molecule has 0 aromatic heterocycles. The topological polar surface area (TPSA) is 41.1 Å². The third-order valence-corrected chi connectivity index (χ3v) is 4.67. The highest BCUT2D eigenvalue weighted by Crippen LogP contribution is 2.32. The minimum absolute atomic E-state index is 0. The number of carbonyl (C=O) groups is 1. The first-order valence-electron chi connectivity index (χ1n) is 7.79. The summed E-state index contributed by atoms with van der Waals surface area (Å²) in [6, 6.07) is 6.52. The second-order valence-corrected chi connectivity index (χ2v) is 6.47. The van der Waals surface area contributed by atoms with Crippen LogP contribution in [0.2, 0.25) is 0 Å². The third kappa shape index (κ3) is 4.21. The molecule has 1 fully saturated rings. The molecule has 1 aliphatic carbocycles. The van der Waals surface area contributed by atoms with Gasteiger partial charge < -0.3 is 10.6 Å². The molecular weight excluding hydrogens is 284 g/mol. The van der Waals surface area contributed by atoms with Crippen molar-refractivity contribution < 1.29 is 4.79 Å². The second kappa shape index (κ2) is 7.28. The Morgan fingerprint density at radius 2 is 2.10 bits per heavy atom. The Morgan fingerprint density at radius 3 is 2.86 bits per heavy atom. The number of nitrogens with one attached hydrogen (secondary N) is 2. The molecule has 1 aliphatic heterocycles. The summed E-state index contributed by atoms with van der Waals surface area (Å²) in [5.41, 5.74) is 3.97. The van der Waals surface area contributed by atoms with Crippen molar-refractivity contribution in [3.05, 3.63) is 34.9 Å². The van der Waals surface area contributed by atoms with Gasteiger partial charge in [0.1, 0.15) is 0 Å². The van der Waals surface area contributed by atoms with Crippen LogP contribution in [0.4, 0.5) is 0 Å². The van der Waals surface area contributed by atoms with Crippen molar-refractivity contribution in [1.29, 1.82) is 0 Å². The fourth-order valence-corrected chi connectivity index (χ4v) is 3.50. The maximum Gasteiger partial charge on any atom is 0.220 e. The van der Waals surface area contributed by atoms with E-state index in [9.17, 15) is 4.79 Å². The Hall–Kier alpha value is -1.06. The van der Waals surface area contributed by atoms with Gasteiger partial charge in [0.2, 0.25) is 5.91 Å². The van der Waals surface area contributed by atoms with Crippen LogP contribution < -0.4 is 10.6 Å². The molecule has 21 heavy (non-hydrogen) atoms. The lowest BCUT2D eigenvalue weighted by Gasteiger charge is -2.11. The number of benzene rings is 1. The van der Waals surface area contributed by atoms with Crippen molar-refractivity contribution in [2.24, 2.45) is 11.8 Å². The average molecular weight is 309 g/mol. The minimum atomic E-state index is 0. The van der Waals surface area contributed by atoms with Crippen LogP contribution in [0.25, 0.3) is 0 Å². The Kier molecular flexibility index (Phi) is 5.65. The Morgan fingerprint density at radius 1 is 1.29 bits per heavy atom. The first-order valence-corrected chi connectivity index (χ1v) is 7.79. The fourth-order valence-electron chi connectivity index (χ4n) is 3.50. The van der Waals surface area contributed by atoms with Crippen LogP contribution >= 0.6 is 12.4 Å². The molecule has 1 saturated carbocycles. The van der Waals surface area contributed by atoms with Crippen LogP contribution in [-0.4, -0.2) is 5.91 Å². The summed E-state index contributed by atoms with van der Waals surface area (Å²) in [5.74, 6) is 1.62. The van der Waals surface area contributed by atoms with Crippen LogP contribution in [0.3, 0.4) is 0 Å². The van der Waals surface area contributed by atoms with Crippen molar-refractivity contribution in [2.45, 2.75) is 52.2 Å². The summed E-state index contributed by atoms with van der Waals surface area (Å²) in [5, 5.41) is 6.42. The molecule has 1 aromatic carbocycles. The van der Waals surface area contributed by atoms with E-state index in [1.165, 1.54) is 36.0 Å². The number of fused-ring (bicyclic) bond motifs is 1. The molecule has 3 nitrogen and oxygen atoms in total. The Balaban J connectivity index is 0.00000161. The molecule has 2 N–H and O–H groups in total. The molecule has 4 heteroatoms. The Bertz CT molecular complexity index is 504. The van der Waals surface area contributed by atoms with Gasteiger partial charge in [-0.1, -0.05) is 31.5 Å². The number of hydrogen-bond donors (Lipinski definition) is 2. The van der Waals surface area contributed by atoms with E-state index in [1.54, 1.807) is 0 Å². The van der Waals surface area contributed by atoms with E-state index >= 15 is 0 Å². The fraction of sp³-hybridized carbons (Fsp3) is 0.588. The zero-order valence-corrected chi connectivity index (χ0v) is 13.5. The summed E-state index contributed by atoms with van der Waals surface area (Å²) < 4.78 is 0. The highest BCUT2D eigenvalue weighted by Gasteiger charge is 2.23. The monoisotopic (exact) mass is 308 g/mol. The lowest BCUT2D eigenvalue weighted by Crippen LogP contribution is -2.24. The van der Waals surface area contributed by atoms with E-state index in [4.69, 9.17) is 0 Å². The van der Waals surface area contributed by atoms with E-state index in [1.807, 2.05) is 0 Å². The quantitative estimate of drug-likeness (QED) is 0.897. The van der Waals surface area contributed by atoms with E-state index in [0.29, 0.717) is 18.9 Å². The summed E-state index contributed by atoms with van der Waals surface area (Å²) in [6.45, 7) is 4.88. The first kappa shape index (κ1) is 16.3. The normalized spacial score (nSPS) is 23.5. The van der Waals surface area contributed by atoms with Gasteiger partial charge in [-0.3, -0.25) is 4.79 Å². The lowest BCUT2D eigenvalue weighted by molar-refractivity contribution is -0.122. The summed E-state index contributed by atoms with van der Waals surface area (Å²) in [4.78, 5) is 12.0. The van der Waals surface area contributed by atoms with Gasteiger partial charge in [-0.05, 0) is 41.4 Å². The summed E-state index contributed by atoms with van der Waals surface area (Å²) >= 11 is 0. The molecule has 3 rings (SSSR count). The van der Waals surface area contributed by atoms with Crippen LogP contribution in [0.15, 0.2) is 18.2 Å². The van der Waals surface area contributed by atoms with E-state index in [-0.39, 0.29) is 18.3 Å². The standard InChI is InChI=1S/C17H24N2O.ClH/c1-12-2-3-13(6-12)8-17(20)19-9-14-4-5-15-10-18-11-16(15)7-14;/h4-5,7,12-13,18H,2-3,6,8-11H2,1H3,(H,19,20);1H. The zero-order valence-electron chi connectivity index (χ0n) is 12.7. The van der Waals surface area contributed by atoms with Gasteiger partial charge in [-0.15, -0.1) is 12.4 Å². The van der Waals surface area contributed by atoms with Crippen LogP contribution in [0.5, 0.6) is 0 Å². The van der Waals surface area contributed by atoms with Gasteiger partial charge in [-0.25, -0.2) is 0 Å². The predicted octanol–water partition coefficient (Wildman–Crippen LogP) is 3.15. The van der Waals surface area contributed by atoms with Gasteiger partial charge in [0.15, 0.2) is 0 Å². The molecule has 0 radical (unpaired) electrons. The van der Waals surface area contributed by atoms with Gasteiger partial charge in [0, 0.05) is 26.1 Å². The first-order chi connectivity index (χ1) is 9.70. The molecule has 0 spiro atoms. The maximum atomic E-state index is 12.0. The largest absolute Gasteiger partial charge is 0.352 e. The smallest absolute Gasteiger partial charge is 0.220 e. The Labute approximate surface area is 133 Å². The number of amides is 1. The van der Waals surface area contributed by atoms with Gasteiger partial charge in [0.25, 0.3) is 0 Å².